The van der Waals surface area contributed by atoms with E-state index in [1.165, 1.54) is 11.1 Å². The van der Waals surface area contributed by atoms with Crippen molar-refractivity contribution < 1.29 is 4.39 Å². The van der Waals surface area contributed by atoms with Crippen molar-refractivity contribution in [1.29, 1.82) is 0 Å². The topological polar surface area (TPSA) is 38.0 Å². The lowest BCUT2D eigenvalue weighted by Gasteiger charge is -2.18. The van der Waals surface area contributed by atoms with E-state index in [0.717, 1.165) is 29.8 Å². The fraction of sp³-hybridized carbons (Fsp3) is 0.250. The molecule has 0 radical (unpaired) electrons. The van der Waals surface area contributed by atoms with Crippen LogP contribution < -0.4 is 11.1 Å². The van der Waals surface area contributed by atoms with Crippen LogP contribution in [0.5, 0.6) is 0 Å². The molecule has 1 unspecified atom stereocenters. The third kappa shape index (κ3) is 2.40. The van der Waals surface area contributed by atoms with Crippen molar-refractivity contribution >= 4 is 27.3 Å². The van der Waals surface area contributed by atoms with Gasteiger partial charge in [-0.05, 0) is 76.7 Å². The predicted octanol–water partition coefficient (Wildman–Crippen LogP) is 4.58. The Morgan fingerprint density at radius 3 is 2.90 bits per heavy atom. The van der Waals surface area contributed by atoms with Crippen LogP contribution in [0.3, 0.4) is 0 Å². The Kier molecular flexibility index (Phi) is 3.42. The zero-order valence-corrected chi connectivity index (χ0v) is 12.8. The molecule has 0 bridgehead atoms. The Balaban J connectivity index is 1.89. The van der Waals surface area contributed by atoms with Gasteiger partial charge in [0.1, 0.15) is 5.82 Å². The summed E-state index contributed by atoms with van der Waals surface area (Å²) in [6.07, 6.45) is 2.06. The Hall–Kier alpha value is -1.55. The molecule has 4 heteroatoms. The minimum Gasteiger partial charge on any atom is -0.399 e. The van der Waals surface area contributed by atoms with Crippen molar-refractivity contribution in [1.82, 2.24) is 0 Å². The van der Waals surface area contributed by atoms with Gasteiger partial charge in [0.05, 0.1) is 10.5 Å². The van der Waals surface area contributed by atoms with E-state index in [-0.39, 0.29) is 11.9 Å². The molecule has 0 saturated heterocycles. The fourth-order valence-electron chi connectivity index (χ4n) is 2.78. The molecule has 1 atom stereocenters. The van der Waals surface area contributed by atoms with Crippen LogP contribution in [0.1, 0.15) is 29.2 Å². The first-order chi connectivity index (χ1) is 9.54. The van der Waals surface area contributed by atoms with E-state index in [4.69, 9.17) is 5.73 Å². The lowest BCUT2D eigenvalue weighted by Crippen LogP contribution is -2.08. The highest BCUT2D eigenvalue weighted by molar-refractivity contribution is 9.10. The molecule has 3 N–H and O–H groups in total. The second-order valence-corrected chi connectivity index (χ2v) is 6.13. The summed E-state index contributed by atoms with van der Waals surface area (Å²) in [4.78, 5) is 0. The SMILES string of the molecule is Cc1cc(F)c(Br)cc1NC1CCc2cc(N)ccc21. The molecule has 0 heterocycles. The molecule has 0 saturated carbocycles. The fourth-order valence-corrected chi connectivity index (χ4v) is 3.12. The third-order valence-corrected chi connectivity index (χ3v) is 4.45. The number of fused-ring (bicyclic) bond motifs is 1. The van der Waals surface area contributed by atoms with E-state index < -0.39 is 0 Å². The van der Waals surface area contributed by atoms with E-state index >= 15 is 0 Å². The van der Waals surface area contributed by atoms with Crippen LogP contribution in [-0.2, 0) is 6.42 Å². The summed E-state index contributed by atoms with van der Waals surface area (Å²) in [7, 11) is 0. The average molecular weight is 335 g/mol. The van der Waals surface area contributed by atoms with Gasteiger partial charge in [-0.1, -0.05) is 6.07 Å². The molecule has 0 fully saturated rings. The van der Waals surface area contributed by atoms with Gasteiger partial charge >= 0.3 is 0 Å². The molecule has 1 aliphatic carbocycles. The smallest absolute Gasteiger partial charge is 0.137 e. The highest BCUT2D eigenvalue weighted by Gasteiger charge is 2.23. The van der Waals surface area contributed by atoms with Crippen molar-refractivity contribution in [2.75, 3.05) is 11.1 Å². The Bertz CT molecular complexity index is 670. The zero-order valence-electron chi connectivity index (χ0n) is 11.2. The van der Waals surface area contributed by atoms with Crippen molar-refractivity contribution in [2.45, 2.75) is 25.8 Å². The van der Waals surface area contributed by atoms with Gasteiger partial charge in [0.15, 0.2) is 0 Å². The lowest BCUT2D eigenvalue weighted by molar-refractivity contribution is 0.620. The van der Waals surface area contributed by atoms with Gasteiger partial charge in [-0.3, -0.25) is 0 Å². The van der Waals surface area contributed by atoms with Gasteiger partial charge < -0.3 is 11.1 Å². The molecule has 0 aliphatic heterocycles. The maximum Gasteiger partial charge on any atom is 0.137 e. The molecular formula is C16H16BrFN2. The van der Waals surface area contributed by atoms with Crippen molar-refractivity contribution in [2.24, 2.45) is 0 Å². The van der Waals surface area contributed by atoms with Crippen LogP contribution >= 0.6 is 15.9 Å². The monoisotopic (exact) mass is 334 g/mol. The summed E-state index contributed by atoms with van der Waals surface area (Å²) in [6, 6.07) is 9.69. The molecule has 2 aromatic rings. The molecule has 104 valence electrons. The van der Waals surface area contributed by atoms with E-state index in [1.807, 2.05) is 19.1 Å². The maximum atomic E-state index is 13.5. The first-order valence-electron chi connectivity index (χ1n) is 6.65. The first kappa shape index (κ1) is 13.4. The quantitative estimate of drug-likeness (QED) is 0.789. The van der Waals surface area contributed by atoms with Crippen LogP contribution in [-0.4, -0.2) is 0 Å². The zero-order chi connectivity index (χ0) is 14.3. The van der Waals surface area contributed by atoms with E-state index in [9.17, 15) is 4.39 Å². The molecule has 1 aliphatic rings. The van der Waals surface area contributed by atoms with Gasteiger partial charge in [-0.2, -0.15) is 0 Å². The lowest BCUT2D eigenvalue weighted by atomic mass is 10.1. The van der Waals surface area contributed by atoms with E-state index in [2.05, 4.69) is 27.3 Å². The van der Waals surface area contributed by atoms with Gasteiger partial charge in [-0.15, -0.1) is 0 Å². The molecule has 0 aromatic heterocycles. The second-order valence-electron chi connectivity index (χ2n) is 5.28. The summed E-state index contributed by atoms with van der Waals surface area (Å²) in [6.45, 7) is 1.91. The first-order valence-corrected chi connectivity index (χ1v) is 7.44. The number of rotatable bonds is 2. The summed E-state index contributed by atoms with van der Waals surface area (Å²) in [5.74, 6) is -0.229. The molecule has 0 spiro atoms. The normalized spacial score (nSPS) is 17.1. The minimum absolute atomic E-state index is 0.229. The third-order valence-electron chi connectivity index (χ3n) is 3.84. The number of hydrogen-bond donors (Lipinski definition) is 2. The van der Waals surface area contributed by atoms with Gasteiger partial charge in [0, 0.05) is 11.4 Å². The van der Waals surface area contributed by atoms with Crippen molar-refractivity contribution in [3.63, 3.8) is 0 Å². The number of anilines is 2. The molecular weight excluding hydrogens is 319 g/mol. The van der Waals surface area contributed by atoms with E-state index in [1.54, 1.807) is 12.1 Å². The van der Waals surface area contributed by atoms with Crippen LogP contribution in [0.25, 0.3) is 0 Å². The molecule has 2 nitrogen and oxygen atoms in total. The highest BCUT2D eigenvalue weighted by atomic mass is 79.9. The summed E-state index contributed by atoms with van der Waals surface area (Å²) in [5, 5.41) is 3.52. The minimum atomic E-state index is -0.229. The standard InChI is InChI=1S/C16H16BrFN2/c1-9-6-14(18)13(17)8-16(9)20-15-5-2-10-7-11(19)3-4-12(10)15/h3-4,6-8,15,20H,2,5,19H2,1H3. The second kappa shape index (κ2) is 5.09. The number of benzene rings is 2. The van der Waals surface area contributed by atoms with Gasteiger partial charge in [0.2, 0.25) is 0 Å². The molecule has 2 aromatic carbocycles. The predicted molar refractivity (Wildman–Crippen MR) is 84.4 cm³/mol. The molecule has 20 heavy (non-hydrogen) atoms. The largest absolute Gasteiger partial charge is 0.399 e. The number of halogens is 2. The Morgan fingerprint density at radius 2 is 2.10 bits per heavy atom. The molecule has 3 rings (SSSR count). The van der Waals surface area contributed by atoms with Crippen molar-refractivity contribution in [3.8, 4) is 0 Å². The van der Waals surface area contributed by atoms with Crippen LogP contribution in [0, 0.1) is 12.7 Å². The summed E-state index contributed by atoms with van der Waals surface area (Å²) < 4.78 is 14.0. The Labute approximate surface area is 126 Å². The number of nitrogen functional groups attached to an aromatic ring is 1. The summed E-state index contributed by atoms with van der Waals surface area (Å²) >= 11 is 3.24. The highest BCUT2D eigenvalue weighted by Crippen LogP contribution is 2.36. The number of aryl methyl sites for hydroxylation is 2. The van der Waals surface area contributed by atoms with Crippen molar-refractivity contribution in [3.05, 3.63) is 57.3 Å². The van der Waals surface area contributed by atoms with Gasteiger partial charge in [-0.25, -0.2) is 4.39 Å². The van der Waals surface area contributed by atoms with E-state index in [0.29, 0.717) is 4.47 Å². The van der Waals surface area contributed by atoms with Gasteiger partial charge in [0.25, 0.3) is 0 Å². The summed E-state index contributed by atoms with van der Waals surface area (Å²) in [5.41, 5.74) is 11.1. The Morgan fingerprint density at radius 1 is 1.30 bits per heavy atom. The number of nitrogens with one attached hydrogen (secondary N) is 1. The van der Waals surface area contributed by atoms with Crippen LogP contribution in [0.2, 0.25) is 0 Å². The van der Waals surface area contributed by atoms with Crippen LogP contribution in [0.15, 0.2) is 34.8 Å². The van der Waals surface area contributed by atoms with Crippen LogP contribution in [0.4, 0.5) is 15.8 Å². The number of nitrogens with two attached hydrogens (primary N) is 1. The maximum absolute atomic E-state index is 13.5. The number of hydrogen-bond acceptors (Lipinski definition) is 2. The molecule has 0 amide bonds. The average Bonchev–Trinajstić information content (AvgIpc) is 2.78.